The van der Waals surface area contributed by atoms with Crippen LogP contribution in [0.4, 0.5) is 0 Å². The van der Waals surface area contributed by atoms with Crippen molar-refractivity contribution >= 4 is 54.0 Å². The van der Waals surface area contributed by atoms with Crippen LogP contribution in [0.5, 0.6) is 0 Å². The molecule has 0 N–H and O–H groups in total. The van der Waals surface area contributed by atoms with E-state index in [-0.39, 0.29) is 0 Å². The number of rotatable bonds is 5. The fraction of sp³-hybridized carbons (Fsp3) is 0.0339. The molecule has 10 aromatic carbocycles. The third kappa shape index (κ3) is 5.79. The average Bonchev–Trinajstić information content (AvgIpc) is 3.68. The highest BCUT2D eigenvalue weighted by molar-refractivity contribution is 6.11. The molecule has 0 saturated heterocycles. The van der Waals surface area contributed by atoms with Crippen LogP contribution in [0.2, 0.25) is 0 Å². The van der Waals surface area contributed by atoms with Crippen molar-refractivity contribution in [1.29, 1.82) is 0 Å². The van der Waals surface area contributed by atoms with Gasteiger partial charge in [-0.25, -0.2) is 15.0 Å². The number of benzene rings is 10. The van der Waals surface area contributed by atoms with Gasteiger partial charge in [-0.3, -0.25) is 0 Å². The molecule has 4 nitrogen and oxygen atoms in total. The molecule has 12 aromatic rings. The summed E-state index contributed by atoms with van der Waals surface area (Å²) in [6, 6.07) is 74.4. The first kappa shape index (κ1) is 35.5. The molecule has 0 spiro atoms. The van der Waals surface area contributed by atoms with Crippen molar-refractivity contribution in [3.8, 4) is 62.2 Å². The van der Waals surface area contributed by atoms with Gasteiger partial charge in [0, 0.05) is 38.4 Å². The Hall–Kier alpha value is -8.21. The van der Waals surface area contributed by atoms with Crippen molar-refractivity contribution in [3.63, 3.8) is 0 Å². The summed E-state index contributed by atoms with van der Waals surface area (Å²) in [5, 5.41) is 10.7. The molecule has 294 valence electrons. The minimum Gasteiger partial charge on any atom is -0.308 e. The summed E-state index contributed by atoms with van der Waals surface area (Å²) < 4.78 is 2.55. The molecular formula is C59H38N4. The highest BCUT2D eigenvalue weighted by atomic mass is 15.0. The molecule has 2 aromatic heterocycles. The Morgan fingerprint density at radius 1 is 0.349 bits per heavy atom. The van der Waals surface area contributed by atoms with Crippen LogP contribution in [0.15, 0.2) is 206 Å². The van der Waals surface area contributed by atoms with E-state index < -0.39 is 0 Å². The summed E-state index contributed by atoms with van der Waals surface area (Å²) in [4.78, 5) is 16.0. The first-order valence-corrected chi connectivity index (χ1v) is 21.7. The van der Waals surface area contributed by atoms with Gasteiger partial charge in [-0.15, -0.1) is 0 Å². The maximum Gasteiger partial charge on any atom is 0.164 e. The summed E-state index contributed by atoms with van der Waals surface area (Å²) in [5.41, 5.74) is 12.8. The predicted molar refractivity (Wildman–Crippen MR) is 261 cm³/mol. The molecule has 63 heavy (non-hydrogen) atoms. The van der Waals surface area contributed by atoms with Crippen molar-refractivity contribution in [2.75, 3.05) is 0 Å². The van der Waals surface area contributed by atoms with Crippen LogP contribution in [-0.4, -0.2) is 19.5 Å². The van der Waals surface area contributed by atoms with Crippen LogP contribution in [-0.2, 0) is 12.8 Å². The van der Waals surface area contributed by atoms with Crippen molar-refractivity contribution in [1.82, 2.24) is 19.5 Å². The standard InChI is InChI=1S/C59H38N4/c1-2-15-39(16-3-1)47-23-12-24-50-53(63-54-36-44-21-9-8-20-43(44)35-52(54)49-30-29-40-17-10-11-22-48(40)56(49)63)32-31-51(55(47)50)59-61-57(45-27-25-37-13-4-6-18-41(37)33-45)60-58(62-59)46-28-26-38-14-5-7-19-42(38)34-46/h1-28,31-36H,29-30H2. The molecule has 0 fully saturated rings. The second-order valence-electron chi connectivity index (χ2n) is 16.7. The Morgan fingerprint density at radius 3 is 1.62 bits per heavy atom. The van der Waals surface area contributed by atoms with Crippen LogP contribution in [0.25, 0.3) is 116 Å². The maximum absolute atomic E-state index is 5.40. The van der Waals surface area contributed by atoms with E-state index in [0.717, 1.165) is 67.9 Å². The lowest BCUT2D eigenvalue weighted by Crippen LogP contribution is -2.07. The van der Waals surface area contributed by atoms with Crippen molar-refractivity contribution in [2.24, 2.45) is 0 Å². The summed E-state index contributed by atoms with van der Waals surface area (Å²) in [7, 11) is 0. The molecule has 1 aliphatic rings. The molecule has 0 amide bonds. The highest BCUT2D eigenvalue weighted by Crippen LogP contribution is 2.46. The number of fused-ring (bicyclic) bond motifs is 9. The zero-order chi connectivity index (χ0) is 41.4. The van der Waals surface area contributed by atoms with Gasteiger partial charge in [0.2, 0.25) is 0 Å². The van der Waals surface area contributed by atoms with E-state index in [2.05, 4.69) is 211 Å². The number of nitrogens with zero attached hydrogens (tertiary/aromatic N) is 4. The summed E-state index contributed by atoms with van der Waals surface area (Å²) in [5.74, 6) is 1.90. The molecule has 1 aliphatic carbocycles. The van der Waals surface area contributed by atoms with Crippen molar-refractivity contribution in [3.05, 3.63) is 217 Å². The van der Waals surface area contributed by atoms with Gasteiger partial charge in [-0.1, -0.05) is 170 Å². The Labute approximate surface area is 364 Å². The third-order valence-corrected chi connectivity index (χ3v) is 13.1. The molecular weight excluding hydrogens is 765 g/mol. The lowest BCUT2D eigenvalue weighted by molar-refractivity contribution is 0.935. The topological polar surface area (TPSA) is 43.6 Å². The monoisotopic (exact) mass is 802 g/mol. The van der Waals surface area contributed by atoms with Gasteiger partial charge in [-0.05, 0) is 104 Å². The highest BCUT2D eigenvalue weighted by Gasteiger charge is 2.27. The largest absolute Gasteiger partial charge is 0.308 e. The van der Waals surface area contributed by atoms with Crippen molar-refractivity contribution < 1.29 is 0 Å². The number of hydrogen-bond acceptors (Lipinski definition) is 3. The van der Waals surface area contributed by atoms with E-state index >= 15 is 0 Å². The summed E-state index contributed by atoms with van der Waals surface area (Å²) in [6.07, 6.45) is 2.00. The van der Waals surface area contributed by atoms with Crippen LogP contribution >= 0.6 is 0 Å². The molecule has 0 aliphatic heterocycles. The van der Waals surface area contributed by atoms with Crippen LogP contribution in [0.1, 0.15) is 11.1 Å². The van der Waals surface area contributed by atoms with Gasteiger partial charge in [0.05, 0.1) is 16.9 Å². The van der Waals surface area contributed by atoms with E-state index in [1.54, 1.807) is 0 Å². The SMILES string of the molecule is c1ccc(-c2cccc3c(-n4c5c(c6cc7ccccc7cc64)CCc4ccccc4-5)ccc(-c4nc(-c5ccc6ccccc6c5)nc(-c5ccc6ccccc6c5)n4)c23)cc1. The molecule has 0 atom stereocenters. The van der Waals surface area contributed by atoms with Crippen LogP contribution in [0.3, 0.4) is 0 Å². The van der Waals surface area contributed by atoms with Gasteiger partial charge in [-0.2, -0.15) is 0 Å². The van der Waals surface area contributed by atoms with Gasteiger partial charge < -0.3 is 4.57 Å². The predicted octanol–water partition coefficient (Wildman–Crippen LogP) is 14.9. The quantitative estimate of drug-likeness (QED) is 0.174. The van der Waals surface area contributed by atoms with E-state index in [1.807, 2.05) is 0 Å². The fourth-order valence-electron chi connectivity index (χ4n) is 10.1. The number of hydrogen-bond donors (Lipinski definition) is 0. The minimum absolute atomic E-state index is 0.631. The van der Waals surface area contributed by atoms with Gasteiger partial charge in [0.1, 0.15) is 0 Å². The van der Waals surface area contributed by atoms with Crippen LogP contribution < -0.4 is 0 Å². The first-order valence-electron chi connectivity index (χ1n) is 21.7. The normalized spacial score (nSPS) is 12.3. The van der Waals surface area contributed by atoms with E-state index in [0.29, 0.717) is 17.5 Å². The van der Waals surface area contributed by atoms with E-state index in [1.165, 1.54) is 54.8 Å². The lowest BCUT2D eigenvalue weighted by Gasteiger charge is -2.22. The minimum atomic E-state index is 0.631. The molecule has 0 radical (unpaired) electrons. The fourth-order valence-corrected chi connectivity index (χ4v) is 10.1. The van der Waals surface area contributed by atoms with E-state index in [9.17, 15) is 0 Å². The van der Waals surface area contributed by atoms with E-state index in [4.69, 9.17) is 15.0 Å². The van der Waals surface area contributed by atoms with Gasteiger partial charge in [0.25, 0.3) is 0 Å². The Bertz CT molecular complexity index is 3710. The molecule has 13 rings (SSSR count). The Morgan fingerprint density at radius 2 is 0.921 bits per heavy atom. The summed E-state index contributed by atoms with van der Waals surface area (Å²) in [6.45, 7) is 0. The Balaban J connectivity index is 1.12. The molecule has 2 heterocycles. The number of aryl methyl sites for hydroxylation is 2. The average molecular weight is 803 g/mol. The first-order chi connectivity index (χ1) is 31.2. The second kappa shape index (κ2) is 14.2. The molecule has 0 saturated carbocycles. The molecule has 0 bridgehead atoms. The Kier molecular flexibility index (Phi) is 8.00. The summed E-state index contributed by atoms with van der Waals surface area (Å²) >= 11 is 0. The maximum atomic E-state index is 5.40. The van der Waals surface area contributed by atoms with Crippen molar-refractivity contribution in [2.45, 2.75) is 12.8 Å². The molecule has 0 unspecified atom stereocenters. The zero-order valence-corrected chi connectivity index (χ0v) is 34.3. The molecule has 4 heteroatoms. The lowest BCUT2D eigenvalue weighted by atomic mass is 9.88. The van der Waals surface area contributed by atoms with Gasteiger partial charge >= 0.3 is 0 Å². The van der Waals surface area contributed by atoms with Crippen LogP contribution in [0, 0.1) is 0 Å². The smallest absolute Gasteiger partial charge is 0.164 e. The number of aromatic nitrogens is 4. The third-order valence-electron chi connectivity index (χ3n) is 13.1. The van der Waals surface area contributed by atoms with Gasteiger partial charge in [0.15, 0.2) is 17.5 Å². The zero-order valence-electron chi connectivity index (χ0n) is 34.3. The second-order valence-corrected chi connectivity index (χ2v) is 16.7.